The van der Waals surface area contributed by atoms with Gasteiger partial charge in [-0.2, -0.15) is 8.42 Å². The molecule has 126 valence electrons. The molecule has 0 saturated carbocycles. The van der Waals surface area contributed by atoms with Crippen LogP contribution in [0, 0.1) is 5.92 Å². The second-order valence-electron chi connectivity index (χ2n) is 6.69. The van der Waals surface area contributed by atoms with Crippen molar-refractivity contribution in [3.05, 3.63) is 47.2 Å². The first-order valence-electron chi connectivity index (χ1n) is 8.25. The number of carbonyl (C=O) groups is 1. The highest BCUT2D eigenvalue weighted by atomic mass is 32.2. The second-order valence-corrected chi connectivity index (χ2v) is 8.11. The first-order valence-corrected chi connectivity index (χ1v) is 9.69. The molecule has 6 heteroatoms. The third kappa shape index (κ3) is 2.70. The molecule has 4 rings (SSSR count). The molecule has 1 heterocycles. The van der Waals surface area contributed by atoms with E-state index in [0.29, 0.717) is 12.3 Å². The maximum atomic E-state index is 11.7. The summed E-state index contributed by atoms with van der Waals surface area (Å²) in [4.78, 5) is 13.8. The minimum Gasteiger partial charge on any atom is -0.345 e. The predicted molar refractivity (Wildman–Crippen MR) is 90.4 cm³/mol. The van der Waals surface area contributed by atoms with Gasteiger partial charge in [0.15, 0.2) is 5.78 Å². The molecule has 1 aromatic rings. The topological polar surface area (TPSA) is 74.7 Å². The molecular formula is C18H19NO4S. The van der Waals surface area contributed by atoms with E-state index in [0.717, 1.165) is 49.1 Å². The first-order chi connectivity index (χ1) is 11.4. The van der Waals surface area contributed by atoms with E-state index in [1.807, 2.05) is 0 Å². The second kappa shape index (κ2) is 5.57. The molecule has 0 saturated heterocycles. The van der Waals surface area contributed by atoms with Gasteiger partial charge in [-0.25, -0.2) is 0 Å². The van der Waals surface area contributed by atoms with Crippen LogP contribution in [-0.2, 0) is 21.3 Å². The van der Waals surface area contributed by atoms with Crippen molar-refractivity contribution >= 4 is 21.6 Å². The lowest BCUT2D eigenvalue weighted by atomic mass is 9.79. The number of hydrogen-bond acceptors (Lipinski definition) is 4. The fraction of sp³-hybridized carbons (Fsp3) is 0.389. The Kier molecular flexibility index (Phi) is 3.62. The fourth-order valence-corrected chi connectivity index (χ4v) is 4.50. The largest absolute Gasteiger partial charge is 0.345 e. The molecule has 2 aliphatic carbocycles. The summed E-state index contributed by atoms with van der Waals surface area (Å²) in [6, 6.07) is 4.76. The Morgan fingerprint density at radius 2 is 1.88 bits per heavy atom. The maximum absolute atomic E-state index is 11.7. The Balaban J connectivity index is 1.68. The number of nitrogens with zero attached hydrogens (tertiary/aromatic N) is 1. The number of carbonyl (C=O) groups excluding carboxylic acids is 1. The average molecular weight is 345 g/mol. The smallest absolute Gasteiger partial charge is 0.294 e. The van der Waals surface area contributed by atoms with Crippen LogP contribution in [0.3, 0.4) is 0 Å². The third-order valence-corrected chi connectivity index (χ3v) is 6.06. The van der Waals surface area contributed by atoms with Crippen LogP contribution in [0.25, 0.3) is 0 Å². The van der Waals surface area contributed by atoms with Crippen LogP contribution in [0.4, 0.5) is 5.69 Å². The van der Waals surface area contributed by atoms with Gasteiger partial charge in [0.1, 0.15) is 0 Å². The number of hydrogen-bond donors (Lipinski definition) is 1. The van der Waals surface area contributed by atoms with Crippen LogP contribution < -0.4 is 4.90 Å². The number of fused-ring (bicyclic) bond motifs is 2. The van der Waals surface area contributed by atoms with Crippen molar-refractivity contribution in [2.75, 3.05) is 11.4 Å². The molecule has 0 fully saturated rings. The number of allylic oxidation sites excluding steroid dienone is 4. The van der Waals surface area contributed by atoms with Crippen LogP contribution >= 0.6 is 0 Å². The van der Waals surface area contributed by atoms with Gasteiger partial charge in [-0.15, -0.1) is 0 Å². The van der Waals surface area contributed by atoms with E-state index in [2.05, 4.69) is 11.0 Å². The van der Waals surface area contributed by atoms with E-state index in [9.17, 15) is 17.8 Å². The quantitative estimate of drug-likeness (QED) is 0.834. The molecule has 1 aromatic carbocycles. The Morgan fingerprint density at radius 1 is 1.08 bits per heavy atom. The predicted octanol–water partition coefficient (Wildman–Crippen LogP) is 2.88. The molecule has 5 nitrogen and oxygen atoms in total. The van der Waals surface area contributed by atoms with Crippen LogP contribution in [0.5, 0.6) is 0 Å². The van der Waals surface area contributed by atoms with Crippen molar-refractivity contribution < 1.29 is 17.8 Å². The normalized spacial score (nSPS) is 23.5. The van der Waals surface area contributed by atoms with Gasteiger partial charge < -0.3 is 4.90 Å². The van der Waals surface area contributed by atoms with Crippen molar-refractivity contribution in [2.45, 2.75) is 37.0 Å². The van der Waals surface area contributed by atoms with Gasteiger partial charge in [-0.3, -0.25) is 9.35 Å². The highest BCUT2D eigenvalue weighted by Crippen LogP contribution is 2.40. The average Bonchev–Trinajstić information content (AvgIpc) is 2.96. The van der Waals surface area contributed by atoms with Crippen LogP contribution in [0.2, 0.25) is 0 Å². The zero-order valence-corrected chi connectivity index (χ0v) is 14.1. The van der Waals surface area contributed by atoms with Crippen molar-refractivity contribution in [3.8, 4) is 0 Å². The van der Waals surface area contributed by atoms with Gasteiger partial charge in [0.05, 0.1) is 4.90 Å². The van der Waals surface area contributed by atoms with Gasteiger partial charge in [0.2, 0.25) is 0 Å². The van der Waals surface area contributed by atoms with Crippen LogP contribution in [-0.4, -0.2) is 25.3 Å². The number of rotatable bonds is 2. The van der Waals surface area contributed by atoms with Crippen molar-refractivity contribution in [3.63, 3.8) is 0 Å². The highest BCUT2D eigenvalue weighted by Gasteiger charge is 2.29. The molecule has 0 radical (unpaired) electrons. The summed E-state index contributed by atoms with van der Waals surface area (Å²) in [6.45, 7) is 0.794. The molecular weight excluding hydrogens is 326 g/mol. The van der Waals surface area contributed by atoms with E-state index in [-0.39, 0.29) is 10.7 Å². The molecule has 24 heavy (non-hydrogen) atoms. The summed E-state index contributed by atoms with van der Waals surface area (Å²) in [7, 11) is -4.17. The third-order valence-electron chi connectivity index (χ3n) is 5.21. The molecule has 1 unspecified atom stereocenters. The van der Waals surface area contributed by atoms with E-state index >= 15 is 0 Å². The summed E-state index contributed by atoms with van der Waals surface area (Å²) < 4.78 is 31.8. The Hall–Kier alpha value is -1.92. The Morgan fingerprint density at radius 3 is 2.67 bits per heavy atom. The van der Waals surface area contributed by atoms with E-state index in [4.69, 9.17) is 0 Å². The number of ketones is 1. The standard InChI is InChI=1S/C18H19NO4S/c20-16-4-2-12-1-3-15(9-14(12)10-16)19-8-7-13-11-17(24(21,22)23)5-6-18(13)19/h5-6,9-12H,1-4,7-8H2,(H,21,22,23). The van der Waals surface area contributed by atoms with Gasteiger partial charge in [-0.1, -0.05) is 0 Å². The minimum atomic E-state index is -4.17. The van der Waals surface area contributed by atoms with Gasteiger partial charge in [-0.05, 0) is 73.1 Å². The molecule has 0 aromatic heterocycles. The fourth-order valence-electron chi connectivity index (χ4n) is 3.97. The minimum absolute atomic E-state index is 0.0543. The van der Waals surface area contributed by atoms with E-state index < -0.39 is 10.1 Å². The lowest BCUT2D eigenvalue weighted by Crippen LogP contribution is -2.25. The van der Waals surface area contributed by atoms with Gasteiger partial charge in [0, 0.05) is 24.4 Å². The lowest BCUT2D eigenvalue weighted by molar-refractivity contribution is -0.115. The molecule has 3 aliphatic rings. The highest BCUT2D eigenvalue weighted by molar-refractivity contribution is 7.85. The van der Waals surface area contributed by atoms with Crippen molar-refractivity contribution in [2.24, 2.45) is 5.92 Å². The molecule has 0 amide bonds. The van der Waals surface area contributed by atoms with Gasteiger partial charge >= 0.3 is 0 Å². The molecule has 0 spiro atoms. The molecule has 0 bridgehead atoms. The Bertz CT molecular complexity index is 882. The van der Waals surface area contributed by atoms with Gasteiger partial charge in [0.25, 0.3) is 10.1 Å². The molecule has 1 aliphatic heterocycles. The first kappa shape index (κ1) is 15.6. The zero-order chi connectivity index (χ0) is 16.9. The van der Waals surface area contributed by atoms with Crippen molar-refractivity contribution in [1.29, 1.82) is 0 Å². The zero-order valence-electron chi connectivity index (χ0n) is 13.2. The molecule has 1 N–H and O–H groups in total. The summed E-state index contributed by atoms with van der Waals surface area (Å²) in [5.74, 6) is 0.703. The van der Waals surface area contributed by atoms with Crippen molar-refractivity contribution in [1.82, 2.24) is 0 Å². The summed E-state index contributed by atoms with van der Waals surface area (Å²) in [5.41, 5.74) is 4.25. The summed E-state index contributed by atoms with van der Waals surface area (Å²) in [5, 5.41) is 0. The maximum Gasteiger partial charge on any atom is 0.294 e. The van der Waals surface area contributed by atoms with E-state index in [1.54, 1.807) is 18.2 Å². The monoisotopic (exact) mass is 345 g/mol. The molecule has 1 atom stereocenters. The number of anilines is 1. The van der Waals surface area contributed by atoms with E-state index in [1.165, 1.54) is 11.8 Å². The van der Waals surface area contributed by atoms with Crippen LogP contribution in [0.1, 0.15) is 31.2 Å². The van der Waals surface area contributed by atoms with Crippen LogP contribution in [0.15, 0.2) is 46.5 Å². The summed E-state index contributed by atoms with van der Waals surface area (Å²) >= 11 is 0. The lowest BCUT2D eigenvalue weighted by Gasteiger charge is -2.32. The number of benzene rings is 1. The summed E-state index contributed by atoms with van der Waals surface area (Å²) in [6.07, 6.45) is 8.29. The SMILES string of the molecule is O=C1C=C2C=C(N3CCc4cc(S(=O)(=O)O)ccc43)CCC2CC1. The Labute approximate surface area is 141 Å².